The Balaban J connectivity index is 1.66. The third-order valence-electron chi connectivity index (χ3n) is 8.20. The molecule has 6 atom stereocenters. The summed E-state index contributed by atoms with van der Waals surface area (Å²) < 4.78 is 0. The molecule has 0 N–H and O–H groups in total. The van der Waals surface area contributed by atoms with Crippen LogP contribution in [0, 0.1) is 34.5 Å². The topological polar surface area (TPSA) is 17.1 Å². The van der Waals surface area contributed by atoms with Crippen LogP contribution in [0.25, 0.3) is 0 Å². The van der Waals surface area contributed by atoms with E-state index < -0.39 is 0 Å². The largest absolute Gasteiger partial charge is 0.300 e. The van der Waals surface area contributed by atoms with E-state index in [0.717, 1.165) is 36.5 Å². The second-order valence-corrected chi connectivity index (χ2v) is 9.00. The number of carbonyl (C=O) groups excluding carboxylic acids is 1. The number of carbonyl (C=O) groups is 1. The molecule has 1 nitrogen and oxygen atoms in total. The highest BCUT2D eigenvalue weighted by Gasteiger charge is 2.57. The maximum absolute atomic E-state index is 12.1. The first-order chi connectivity index (χ1) is 9.53. The van der Waals surface area contributed by atoms with E-state index in [1.54, 1.807) is 0 Å². The van der Waals surface area contributed by atoms with Crippen LogP contribution < -0.4 is 0 Å². The SMILES string of the molecule is C[C@@]12CCC[C@H]1[C@@H]1CCC3CCC(=O)C[C@]3(C)[C@H]1CC2. The number of ketones is 1. The van der Waals surface area contributed by atoms with Gasteiger partial charge in [0.25, 0.3) is 0 Å². The first-order valence-electron chi connectivity index (χ1n) is 9.05. The molecule has 0 aromatic rings. The second-order valence-electron chi connectivity index (χ2n) is 9.00. The van der Waals surface area contributed by atoms with Crippen molar-refractivity contribution in [3.8, 4) is 0 Å². The van der Waals surface area contributed by atoms with Crippen molar-refractivity contribution < 1.29 is 4.79 Å². The molecule has 0 spiro atoms. The van der Waals surface area contributed by atoms with Crippen molar-refractivity contribution in [2.45, 2.75) is 78.1 Å². The van der Waals surface area contributed by atoms with Crippen molar-refractivity contribution in [2.24, 2.45) is 34.5 Å². The first-order valence-corrected chi connectivity index (χ1v) is 9.05. The fourth-order valence-electron chi connectivity index (χ4n) is 7.13. The van der Waals surface area contributed by atoms with E-state index in [4.69, 9.17) is 0 Å². The predicted molar refractivity (Wildman–Crippen MR) is 81.4 cm³/mol. The third kappa shape index (κ3) is 1.70. The van der Waals surface area contributed by atoms with Crippen LogP contribution in [0.15, 0.2) is 0 Å². The average molecular weight is 274 g/mol. The van der Waals surface area contributed by atoms with Crippen LogP contribution in [0.5, 0.6) is 0 Å². The Morgan fingerprint density at radius 2 is 1.80 bits per heavy atom. The van der Waals surface area contributed by atoms with Gasteiger partial charge in [-0.25, -0.2) is 0 Å². The van der Waals surface area contributed by atoms with Gasteiger partial charge >= 0.3 is 0 Å². The zero-order chi connectivity index (χ0) is 14.0. The molecule has 20 heavy (non-hydrogen) atoms. The van der Waals surface area contributed by atoms with Gasteiger partial charge in [-0.05, 0) is 79.4 Å². The van der Waals surface area contributed by atoms with Gasteiger partial charge in [0.2, 0.25) is 0 Å². The Labute approximate surface area is 123 Å². The van der Waals surface area contributed by atoms with Gasteiger partial charge in [0.1, 0.15) is 5.78 Å². The molecule has 112 valence electrons. The molecule has 0 aromatic heterocycles. The van der Waals surface area contributed by atoms with E-state index in [1.165, 1.54) is 51.4 Å². The average Bonchev–Trinajstić information content (AvgIpc) is 2.79. The predicted octanol–water partition coefficient (Wildman–Crippen LogP) is 4.99. The molecule has 1 unspecified atom stereocenters. The molecule has 0 aromatic carbocycles. The monoisotopic (exact) mass is 274 g/mol. The minimum absolute atomic E-state index is 0.363. The number of Topliss-reactive ketones (excluding diaryl/α,β-unsaturated/α-hetero) is 1. The van der Waals surface area contributed by atoms with Crippen LogP contribution in [0.4, 0.5) is 0 Å². The molecular formula is C19H30O. The van der Waals surface area contributed by atoms with Gasteiger partial charge in [0, 0.05) is 12.8 Å². The van der Waals surface area contributed by atoms with E-state index in [-0.39, 0.29) is 0 Å². The van der Waals surface area contributed by atoms with Crippen LogP contribution in [-0.4, -0.2) is 5.78 Å². The summed E-state index contributed by atoms with van der Waals surface area (Å²) in [6.07, 6.45) is 13.1. The summed E-state index contributed by atoms with van der Waals surface area (Å²) in [6.45, 7) is 5.06. The number of hydrogen-bond donors (Lipinski definition) is 0. The van der Waals surface area contributed by atoms with Gasteiger partial charge < -0.3 is 0 Å². The van der Waals surface area contributed by atoms with Crippen molar-refractivity contribution in [1.29, 1.82) is 0 Å². The molecule has 0 aliphatic heterocycles. The molecule has 0 amide bonds. The van der Waals surface area contributed by atoms with Crippen molar-refractivity contribution in [3.63, 3.8) is 0 Å². The van der Waals surface area contributed by atoms with Crippen molar-refractivity contribution in [3.05, 3.63) is 0 Å². The van der Waals surface area contributed by atoms with E-state index >= 15 is 0 Å². The van der Waals surface area contributed by atoms with E-state index in [0.29, 0.717) is 16.6 Å². The van der Waals surface area contributed by atoms with Crippen LogP contribution in [0.2, 0.25) is 0 Å². The molecule has 1 heteroatoms. The highest BCUT2D eigenvalue weighted by Crippen LogP contribution is 2.65. The van der Waals surface area contributed by atoms with E-state index in [9.17, 15) is 4.79 Å². The lowest BCUT2D eigenvalue weighted by Crippen LogP contribution is -2.53. The van der Waals surface area contributed by atoms with Gasteiger partial charge in [0.15, 0.2) is 0 Å². The molecule has 4 fully saturated rings. The molecule has 4 aliphatic rings. The van der Waals surface area contributed by atoms with Crippen molar-refractivity contribution in [2.75, 3.05) is 0 Å². The quantitative estimate of drug-likeness (QED) is 0.608. The van der Waals surface area contributed by atoms with Crippen LogP contribution in [0.1, 0.15) is 78.1 Å². The Hall–Kier alpha value is -0.330. The summed E-state index contributed by atoms with van der Waals surface area (Å²) in [7, 11) is 0. The maximum atomic E-state index is 12.1. The third-order valence-corrected chi connectivity index (χ3v) is 8.20. The molecular weight excluding hydrogens is 244 g/mol. The number of rotatable bonds is 0. The minimum Gasteiger partial charge on any atom is -0.300 e. The van der Waals surface area contributed by atoms with Crippen LogP contribution >= 0.6 is 0 Å². The second kappa shape index (κ2) is 4.34. The molecule has 4 rings (SSSR count). The Morgan fingerprint density at radius 3 is 2.65 bits per heavy atom. The lowest BCUT2D eigenvalue weighted by molar-refractivity contribution is -0.139. The van der Waals surface area contributed by atoms with Gasteiger partial charge in [-0.15, -0.1) is 0 Å². The molecule has 0 heterocycles. The molecule has 4 aliphatic carbocycles. The van der Waals surface area contributed by atoms with Crippen LogP contribution in [0.3, 0.4) is 0 Å². The summed E-state index contributed by atoms with van der Waals surface area (Å²) in [4.78, 5) is 12.1. The Bertz CT molecular complexity index is 427. The van der Waals surface area contributed by atoms with Gasteiger partial charge in [0.05, 0.1) is 0 Å². The van der Waals surface area contributed by atoms with Crippen LogP contribution in [-0.2, 0) is 4.79 Å². The zero-order valence-electron chi connectivity index (χ0n) is 13.3. The highest BCUT2D eigenvalue weighted by atomic mass is 16.1. The summed E-state index contributed by atoms with van der Waals surface area (Å²) >= 11 is 0. The minimum atomic E-state index is 0.363. The van der Waals surface area contributed by atoms with Crippen molar-refractivity contribution >= 4 is 5.78 Å². The summed E-state index contributed by atoms with van der Waals surface area (Å²) in [5.74, 6) is 4.21. The fraction of sp³-hybridized carbons (Fsp3) is 0.947. The van der Waals surface area contributed by atoms with Crippen molar-refractivity contribution in [1.82, 2.24) is 0 Å². The molecule has 0 bridgehead atoms. The molecule has 0 saturated heterocycles. The lowest BCUT2D eigenvalue weighted by Gasteiger charge is -2.59. The standard InChI is InChI=1S/C19H30O/c1-18-10-3-4-16(18)15-8-6-13-5-7-14(20)12-19(13,2)17(15)9-11-18/h13,15-17H,3-12H2,1-2H3/t13?,15-,16-,17-,18-,19-/m0/s1. The number of fused-ring (bicyclic) bond motifs is 5. The van der Waals surface area contributed by atoms with E-state index in [1.807, 2.05) is 0 Å². The van der Waals surface area contributed by atoms with Gasteiger partial charge in [-0.1, -0.05) is 20.3 Å². The van der Waals surface area contributed by atoms with Gasteiger partial charge in [-0.2, -0.15) is 0 Å². The van der Waals surface area contributed by atoms with E-state index in [2.05, 4.69) is 13.8 Å². The molecule has 0 radical (unpaired) electrons. The Kier molecular flexibility index (Phi) is 2.89. The van der Waals surface area contributed by atoms with Gasteiger partial charge in [-0.3, -0.25) is 4.79 Å². The smallest absolute Gasteiger partial charge is 0.133 e. The normalized spacial score (nSPS) is 55.0. The maximum Gasteiger partial charge on any atom is 0.133 e. The fourth-order valence-corrected chi connectivity index (χ4v) is 7.13. The Morgan fingerprint density at radius 1 is 0.950 bits per heavy atom. The molecule has 4 saturated carbocycles. The zero-order valence-corrected chi connectivity index (χ0v) is 13.3. The lowest BCUT2D eigenvalue weighted by atomic mass is 9.45. The summed E-state index contributed by atoms with van der Waals surface area (Å²) in [6, 6.07) is 0. The first kappa shape index (κ1) is 13.3. The summed E-state index contributed by atoms with van der Waals surface area (Å²) in [5.41, 5.74) is 1.02. The number of hydrogen-bond acceptors (Lipinski definition) is 1. The highest BCUT2D eigenvalue weighted by molar-refractivity contribution is 5.80. The summed E-state index contributed by atoms with van der Waals surface area (Å²) in [5, 5.41) is 0.